The third kappa shape index (κ3) is 5.47. The van der Waals surface area contributed by atoms with E-state index in [1.54, 1.807) is 0 Å². The Morgan fingerprint density at radius 2 is 1.52 bits per heavy atom. The Kier molecular flexibility index (Phi) is 6.66. The van der Waals surface area contributed by atoms with E-state index in [1.807, 2.05) is 0 Å². The monoisotopic (exact) mass is 456 g/mol. The first-order valence-corrected chi connectivity index (χ1v) is 8.99. The summed E-state index contributed by atoms with van der Waals surface area (Å²) in [5.74, 6) is -2.03. The van der Waals surface area contributed by atoms with Crippen molar-refractivity contribution in [1.82, 2.24) is 0 Å². The maximum absolute atomic E-state index is 14.1. The second-order valence-electron chi connectivity index (χ2n) is 7.92. The molecule has 0 heterocycles. The molecule has 1 atom stereocenters. The molecule has 0 aliphatic rings. The van der Waals surface area contributed by atoms with Gasteiger partial charge in [0.25, 0.3) is 0 Å². The number of rotatable bonds is 6. The van der Waals surface area contributed by atoms with Gasteiger partial charge >= 0.3 is 12.4 Å². The molecule has 1 N–H and O–H groups in total. The van der Waals surface area contributed by atoms with Crippen LogP contribution in [-0.2, 0) is 18.0 Å². The molecule has 0 aromatic heterocycles. The first-order valence-electron chi connectivity index (χ1n) is 8.99. The Labute approximate surface area is 173 Å². The van der Waals surface area contributed by atoms with Gasteiger partial charge in [0.15, 0.2) is 5.60 Å². The van der Waals surface area contributed by atoms with Crippen molar-refractivity contribution in [2.75, 3.05) is 7.11 Å². The van der Waals surface area contributed by atoms with Crippen LogP contribution < -0.4 is 4.74 Å². The van der Waals surface area contributed by atoms with Gasteiger partial charge in [0.2, 0.25) is 0 Å². The largest absolute Gasteiger partial charge is 0.496 e. The quantitative estimate of drug-likeness (QED) is 0.525. The highest BCUT2D eigenvalue weighted by atomic mass is 19.4. The predicted molar refractivity (Wildman–Crippen MR) is 96.7 cm³/mol. The molecule has 0 radical (unpaired) electrons. The molecule has 0 aliphatic heterocycles. The first-order chi connectivity index (χ1) is 14.0. The van der Waals surface area contributed by atoms with Gasteiger partial charge in [-0.2, -0.15) is 26.3 Å². The van der Waals surface area contributed by atoms with Crippen molar-refractivity contribution in [3.8, 4) is 5.75 Å². The molecule has 0 aliphatic carbocycles. The molecule has 1 unspecified atom stereocenters. The zero-order valence-electron chi connectivity index (χ0n) is 16.8. The minimum absolute atomic E-state index is 0.00203. The number of hydrogen-bond acceptors (Lipinski definition) is 2. The lowest BCUT2D eigenvalue weighted by atomic mass is 9.72. The molecular formula is C21H20F8O2. The predicted octanol–water partition coefficient (Wildman–Crippen LogP) is 6.20. The maximum Gasteiger partial charge on any atom is 0.417 e. The van der Waals surface area contributed by atoms with Crippen LogP contribution in [0, 0.1) is 11.6 Å². The highest BCUT2D eigenvalue weighted by molar-refractivity contribution is 5.40. The average Bonchev–Trinajstić information content (AvgIpc) is 2.61. The Balaban J connectivity index is 2.53. The van der Waals surface area contributed by atoms with Crippen LogP contribution in [0.4, 0.5) is 35.1 Å². The van der Waals surface area contributed by atoms with Gasteiger partial charge in [-0.25, -0.2) is 8.78 Å². The molecule has 2 rings (SSSR count). The van der Waals surface area contributed by atoms with E-state index in [0.29, 0.717) is 12.1 Å². The van der Waals surface area contributed by atoms with Gasteiger partial charge in [-0.05, 0) is 53.8 Å². The normalized spacial score (nSPS) is 15.0. The summed E-state index contributed by atoms with van der Waals surface area (Å²) in [7, 11) is 1.22. The molecule has 0 spiro atoms. The molecule has 0 fully saturated rings. The summed E-state index contributed by atoms with van der Waals surface area (Å²) in [6, 6.07) is 4.21. The zero-order chi connectivity index (χ0) is 23.8. The Bertz CT molecular complexity index is 934. The second-order valence-corrected chi connectivity index (χ2v) is 7.92. The Morgan fingerprint density at radius 3 is 2.03 bits per heavy atom. The number of methoxy groups -OCH3 is 1. The molecular weight excluding hydrogens is 436 g/mol. The summed E-state index contributed by atoms with van der Waals surface area (Å²) in [6.07, 6.45) is -12.8. The molecule has 0 amide bonds. The number of aliphatic hydroxyl groups is 1. The highest BCUT2D eigenvalue weighted by Crippen LogP contribution is 2.45. The summed E-state index contributed by atoms with van der Waals surface area (Å²) < 4.78 is 113. The van der Waals surface area contributed by atoms with Crippen LogP contribution in [0.25, 0.3) is 0 Å². The molecule has 10 heteroatoms. The zero-order valence-corrected chi connectivity index (χ0v) is 16.8. The van der Waals surface area contributed by atoms with E-state index in [0.717, 1.165) is 12.1 Å². The van der Waals surface area contributed by atoms with Crippen molar-refractivity contribution in [3.63, 3.8) is 0 Å². The van der Waals surface area contributed by atoms with Crippen LogP contribution in [0.5, 0.6) is 5.75 Å². The van der Waals surface area contributed by atoms with Crippen molar-refractivity contribution >= 4 is 0 Å². The molecule has 31 heavy (non-hydrogen) atoms. The second kappa shape index (κ2) is 8.29. The van der Waals surface area contributed by atoms with Crippen molar-refractivity contribution in [1.29, 1.82) is 0 Å². The third-order valence-corrected chi connectivity index (χ3v) is 5.01. The topological polar surface area (TPSA) is 29.5 Å². The van der Waals surface area contributed by atoms with Gasteiger partial charge in [-0.3, -0.25) is 0 Å². The van der Waals surface area contributed by atoms with Crippen molar-refractivity contribution < 1.29 is 45.0 Å². The fourth-order valence-corrected chi connectivity index (χ4v) is 3.50. The van der Waals surface area contributed by atoms with E-state index in [2.05, 4.69) is 0 Å². The summed E-state index contributed by atoms with van der Waals surface area (Å²) in [4.78, 5) is 0. The van der Waals surface area contributed by atoms with E-state index in [1.165, 1.54) is 27.0 Å². The van der Waals surface area contributed by atoms with Crippen molar-refractivity contribution in [3.05, 3.63) is 64.7 Å². The van der Waals surface area contributed by atoms with Crippen LogP contribution in [-0.4, -0.2) is 24.0 Å². The van der Waals surface area contributed by atoms with Gasteiger partial charge in [-0.15, -0.1) is 0 Å². The SMILES string of the molecule is COc1ccc(F)cc1C(C)(C)CC(O)(Cc1cc(C(F)(F)F)ccc1F)C(F)(F)F. The lowest BCUT2D eigenvalue weighted by Gasteiger charge is -2.38. The minimum Gasteiger partial charge on any atom is -0.496 e. The summed E-state index contributed by atoms with van der Waals surface area (Å²) >= 11 is 0. The molecule has 0 bridgehead atoms. The fourth-order valence-electron chi connectivity index (χ4n) is 3.50. The van der Waals surface area contributed by atoms with Gasteiger partial charge in [0.05, 0.1) is 12.7 Å². The van der Waals surface area contributed by atoms with E-state index >= 15 is 0 Å². The lowest BCUT2D eigenvalue weighted by molar-refractivity contribution is -0.266. The Morgan fingerprint density at radius 1 is 0.903 bits per heavy atom. The van der Waals surface area contributed by atoms with Gasteiger partial charge in [0, 0.05) is 12.0 Å². The highest BCUT2D eigenvalue weighted by Gasteiger charge is 2.56. The van der Waals surface area contributed by atoms with Crippen LogP contribution in [0.3, 0.4) is 0 Å². The van der Waals surface area contributed by atoms with Crippen LogP contribution in [0.1, 0.15) is 37.0 Å². The van der Waals surface area contributed by atoms with Crippen LogP contribution >= 0.6 is 0 Å². The summed E-state index contributed by atoms with van der Waals surface area (Å²) in [6.45, 7) is 2.56. The van der Waals surface area contributed by atoms with Gasteiger partial charge < -0.3 is 9.84 Å². The lowest BCUT2D eigenvalue weighted by Crippen LogP contribution is -2.51. The van der Waals surface area contributed by atoms with Crippen molar-refractivity contribution in [2.24, 2.45) is 0 Å². The molecule has 2 aromatic rings. The van der Waals surface area contributed by atoms with Crippen LogP contribution in [0.15, 0.2) is 36.4 Å². The number of benzene rings is 2. The van der Waals surface area contributed by atoms with E-state index in [9.17, 15) is 40.2 Å². The average molecular weight is 456 g/mol. The number of halogens is 8. The maximum atomic E-state index is 14.1. The molecule has 172 valence electrons. The number of hydrogen-bond donors (Lipinski definition) is 1. The first kappa shape index (κ1) is 24.9. The summed E-state index contributed by atoms with van der Waals surface area (Å²) in [5, 5.41) is 10.5. The van der Waals surface area contributed by atoms with Crippen molar-refractivity contribution in [2.45, 2.75) is 50.1 Å². The smallest absolute Gasteiger partial charge is 0.417 e. The fraction of sp³-hybridized carbons (Fsp3) is 0.429. The summed E-state index contributed by atoms with van der Waals surface area (Å²) in [5.41, 5.74) is -7.47. The molecule has 0 saturated heterocycles. The number of ether oxygens (including phenoxy) is 1. The minimum atomic E-state index is -5.33. The van der Waals surface area contributed by atoms with Gasteiger partial charge in [-0.1, -0.05) is 13.8 Å². The molecule has 0 saturated carbocycles. The van der Waals surface area contributed by atoms with Crippen LogP contribution in [0.2, 0.25) is 0 Å². The number of alkyl halides is 6. The Hall–Kier alpha value is -2.36. The van der Waals surface area contributed by atoms with E-state index < -0.39 is 59.0 Å². The molecule has 2 nitrogen and oxygen atoms in total. The van der Waals surface area contributed by atoms with E-state index in [4.69, 9.17) is 4.74 Å². The third-order valence-electron chi connectivity index (χ3n) is 5.01. The van der Waals surface area contributed by atoms with E-state index in [-0.39, 0.29) is 17.4 Å². The molecule has 2 aromatic carbocycles. The standard InChI is InChI=1S/C21H20F8O2/c1-18(2,15-9-14(22)5-7-17(15)31-3)11-19(30,21(27,28)29)10-12-8-13(20(24,25)26)4-6-16(12)23/h4-9,30H,10-11H2,1-3H3. The van der Waals surface area contributed by atoms with Gasteiger partial charge in [0.1, 0.15) is 17.4 Å².